The first-order valence-corrected chi connectivity index (χ1v) is 8.11. The van der Waals surface area contributed by atoms with Gasteiger partial charge in [-0.1, -0.05) is 0 Å². The normalized spacial score (nSPS) is 19.5. The quantitative estimate of drug-likeness (QED) is 0.686. The molecule has 2 rings (SSSR count). The first kappa shape index (κ1) is 15.7. The van der Waals surface area contributed by atoms with Crippen LogP contribution in [0.15, 0.2) is 18.5 Å². The maximum atomic E-state index is 12.3. The number of carbonyl (C=O) groups is 1. The Labute approximate surface area is 123 Å². The molecule has 9 heteroatoms. The van der Waals surface area contributed by atoms with Gasteiger partial charge in [0.15, 0.2) is 0 Å². The Kier molecular flexibility index (Phi) is 4.76. The van der Waals surface area contributed by atoms with Crippen molar-refractivity contribution in [2.24, 2.45) is 11.1 Å². The van der Waals surface area contributed by atoms with Gasteiger partial charge in [0.05, 0.1) is 11.8 Å². The molecule has 116 valence electrons. The number of hydrogen-bond acceptors (Lipinski definition) is 5. The third kappa shape index (κ3) is 4.38. The number of aromatic nitrogens is 1. The summed E-state index contributed by atoms with van der Waals surface area (Å²) in [5.74, 6) is -0.438. The lowest BCUT2D eigenvalue weighted by Gasteiger charge is -2.32. The predicted octanol–water partition coefficient (Wildman–Crippen LogP) is -0.567. The number of piperidine rings is 1. The number of nitrogens with zero attached hydrogens (tertiary/aromatic N) is 2. The summed E-state index contributed by atoms with van der Waals surface area (Å²) < 4.78 is 24.1. The Morgan fingerprint density at radius 2 is 2.33 bits per heavy atom. The molecule has 1 aromatic rings. The largest absolute Gasteiger partial charge is 0.505 e. The van der Waals surface area contributed by atoms with Crippen molar-refractivity contribution in [3.8, 4) is 5.75 Å². The van der Waals surface area contributed by atoms with Crippen LogP contribution in [-0.4, -0.2) is 48.9 Å². The van der Waals surface area contributed by atoms with E-state index in [1.807, 2.05) is 0 Å². The molecule has 1 aliphatic rings. The summed E-state index contributed by atoms with van der Waals surface area (Å²) in [5, 5.41) is 14.6. The van der Waals surface area contributed by atoms with E-state index in [1.165, 1.54) is 18.5 Å². The minimum Gasteiger partial charge on any atom is -0.505 e. The van der Waals surface area contributed by atoms with Crippen molar-refractivity contribution >= 4 is 16.1 Å². The molecular formula is C12H18N4O4S. The van der Waals surface area contributed by atoms with E-state index < -0.39 is 10.2 Å². The summed E-state index contributed by atoms with van der Waals surface area (Å²) >= 11 is 0. The van der Waals surface area contributed by atoms with Crippen molar-refractivity contribution in [1.29, 1.82) is 0 Å². The van der Waals surface area contributed by atoms with E-state index in [0.717, 1.165) is 12.8 Å². The smallest absolute Gasteiger partial charge is 0.274 e. The second-order valence-corrected chi connectivity index (χ2v) is 6.42. The third-order valence-corrected chi connectivity index (χ3v) is 3.98. The summed E-state index contributed by atoms with van der Waals surface area (Å²) in [7, 11) is -3.72. The third-order valence-electron chi connectivity index (χ3n) is 3.41. The lowest BCUT2D eigenvalue weighted by Crippen LogP contribution is -2.44. The van der Waals surface area contributed by atoms with Crippen molar-refractivity contribution in [2.75, 3.05) is 19.6 Å². The van der Waals surface area contributed by atoms with Crippen LogP contribution >= 0.6 is 0 Å². The Morgan fingerprint density at radius 3 is 3.00 bits per heavy atom. The summed E-state index contributed by atoms with van der Waals surface area (Å²) in [6.45, 7) is 1.19. The Hall–Kier alpha value is -1.71. The number of amides is 1. The van der Waals surface area contributed by atoms with Crippen LogP contribution in [0.2, 0.25) is 0 Å². The fraction of sp³-hybridized carbons (Fsp3) is 0.500. The van der Waals surface area contributed by atoms with Gasteiger partial charge in [-0.15, -0.1) is 0 Å². The lowest BCUT2D eigenvalue weighted by atomic mass is 9.97. The molecule has 4 N–H and O–H groups in total. The summed E-state index contributed by atoms with van der Waals surface area (Å²) in [6, 6.07) is 1.46. The molecular weight excluding hydrogens is 296 g/mol. The zero-order valence-corrected chi connectivity index (χ0v) is 12.2. The molecule has 1 aromatic heterocycles. The second kappa shape index (κ2) is 6.37. The van der Waals surface area contributed by atoms with Gasteiger partial charge in [-0.2, -0.15) is 8.42 Å². The van der Waals surface area contributed by atoms with Gasteiger partial charge in [0.25, 0.3) is 16.1 Å². The van der Waals surface area contributed by atoms with Crippen molar-refractivity contribution in [3.63, 3.8) is 0 Å². The molecule has 0 saturated carbocycles. The van der Waals surface area contributed by atoms with Gasteiger partial charge in [0.2, 0.25) is 0 Å². The number of rotatable bonds is 4. The molecule has 1 saturated heterocycles. The van der Waals surface area contributed by atoms with E-state index >= 15 is 0 Å². The molecule has 0 bridgehead atoms. The molecule has 21 heavy (non-hydrogen) atoms. The summed E-state index contributed by atoms with van der Waals surface area (Å²) in [5.41, 5.74) is 0.199. The number of aromatic hydroxyl groups is 1. The first-order chi connectivity index (χ1) is 9.87. The van der Waals surface area contributed by atoms with E-state index in [1.54, 1.807) is 4.90 Å². The molecule has 1 unspecified atom stereocenters. The summed E-state index contributed by atoms with van der Waals surface area (Å²) in [6.07, 6.45) is 4.25. The van der Waals surface area contributed by atoms with Crippen molar-refractivity contribution in [3.05, 3.63) is 24.0 Å². The SMILES string of the molecule is NS(=O)(=O)NCC1CCCN(C(=O)c2ccncc2O)C1. The monoisotopic (exact) mass is 314 g/mol. The van der Waals surface area contributed by atoms with Gasteiger partial charge in [0, 0.05) is 25.8 Å². The number of hydrogen-bond donors (Lipinski definition) is 3. The van der Waals surface area contributed by atoms with Crippen LogP contribution in [-0.2, 0) is 10.2 Å². The van der Waals surface area contributed by atoms with Crippen LogP contribution in [0.3, 0.4) is 0 Å². The molecule has 2 heterocycles. The highest BCUT2D eigenvalue weighted by atomic mass is 32.2. The molecule has 1 atom stereocenters. The molecule has 0 radical (unpaired) electrons. The van der Waals surface area contributed by atoms with E-state index in [9.17, 15) is 18.3 Å². The van der Waals surface area contributed by atoms with Crippen LogP contribution in [0.25, 0.3) is 0 Å². The highest BCUT2D eigenvalue weighted by molar-refractivity contribution is 7.87. The van der Waals surface area contributed by atoms with Gasteiger partial charge in [-0.3, -0.25) is 9.78 Å². The van der Waals surface area contributed by atoms with E-state index in [-0.39, 0.29) is 29.7 Å². The number of carbonyl (C=O) groups excluding carboxylic acids is 1. The number of nitrogens with one attached hydrogen (secondary N) is 1. The number of pyridine rings is 1. The first-order valence-electron chi connectivity index (χ1n) is 6.56. The average molecular weight is 314 g/mol. The molecule has 1 fully saturated rings. The van der Waals surface area contributed by atoms with Gasteiger partial charge in [0.1, 0.15) is 5.75 Å². The molecule has 0 aliphatic carbocycles. The molecule has 1 amide bonds. The van der Waals surface area contributed by atoms with Crippen molar-refractivity contribution in [1.82, 2.24) is 14.6 Å². The minimum absolute atomic E-state index is 0.00463. The fourth-order valence-corrected chi connectivity index (χ4v) is 2.86. The Balaban J connectivity index is 2.01. The summed E-state index contributed by atoms with van der Waals surface area (Å²) in [4.78, 5) is 17.7. The van der Waals surface area contributed by atoms with Gasteiger partial charge in [-0.05, 0) is 24.8 Å². The predicted molar refractivity (Wildman–Crippen MR) is 75.6 cm³/mol. The van der Waals surface area contributed by atoms with E-state index in [2.05, 4.69) is 9.71 Å². The topological polar surface area (TPSA) is 126 Å². The zero-order chi connectivity index (χ0) is 15.5. The average Bonchev–Trinajstić information content (AvgIpc) is 2.44. The molecule has 1 aliphatic heterocycles. The number of likely N-dealkylation sites (tertiary alicyclic amines) is 1. The molecule has 8 nitrogen and oxygen atoms in total. The van der Waals surface area contributed by atoms with Crippen LogP contribution in [0, 0.1) is 5.92 Å². The second-order valence-electron chi connectivity index (χ2n) is 5.05. The maximum absolute atomic E-state index is 12.3. The van der Waals surface area contributed by atoms with Gasteiger partial charge < -0.3 is 10.0 Å². The Bertz CT molecular complexity index is 619. The molecule has 0 aromatic carbocycles. The zero-order valence-electron chi connectivity index (χ0n) is 11.4. The van der Waals surface area contributed by atoms with Crippen LogP contribution in [0.1, 0.15) is 23.2 Å². The van der Waals surface area contributed by atoms with Gasteiger partial charge in [-0.25, -0.2) is 9.86 Å². The molecule has 0 spiro atoms. The highest BCUT2D eigenvalue weighted by Gasteiger charge is 2.26. The number of nitrogens with two attached hydrogens (primary N) is 1. The van der Waals surface area contributed by atoms with Crippen LogP contribution in [0.4, 0.5) is 0 Å². The maximum Gasteiger partial charge on any atom is 0.274 e. The van der Waals surface area contributed by atoms with Gasteiger partial charge >= 0.3 is 0 Å². The van der Waals surface area contributed by atoms with E-state index in [0.29, 0.717) is 13.1 Å². The fourth-order valence-electron chi connectivity index (χ4n) is 2.39. The minimum atomic E-state index is -3.72. The van der Waals surface area contributed by atoms with Crippen molar-refractivity contribution in [2.45, 2.75) is 12.8 Å². The standard InChI is InChI=1S/C12H18N4O4S/c13-21(19,20)15-6-9-2-1-5-16(8-9)12(18)10-3-4-14-7-11(10)17/h3-4,7,9,15,17H,1-2,5-6,8H2,(H2,13,19,20). The van der Waals surface area contributed by atoms with Crippen LogP contribution < -0.4 is 9.86 Å². The van der Waals surface area contributed by atoms with Crippen LogP contribution in [0.5, 0.6) is 5.75 Å². The Morgan fingerprint density at radius 1 is 1.57 bits per heavy atom. The van der Waals surface area contributed by atoms with Crippen molar-refractivity contribution < 1.29 is 18.3 Å². The highest BCUT2D eigenvalue weighted by Crippen LogP contribution is 2.21. The van der Waals surface area contributed by atoms with E-state index in [4.69, 9.17) is 5.14 Å². The lowest BCUT2D eigenvalue weighted by molar-refractivity contribution is 0.0673.